The quantitative estimate of drug-likeness (QED) is 0.582. The first-order chi connectivity index (χ1) is 5.83. The largest absolute Gasteiger partial charge is 0.395 e. The number of aliphatic hydroxyl groups is 1. The van der Waals surface area contributed by atoms with Crippen molar-refractivity contribution in [2.24, 2.45) is 0 Å². The smallest absolute Gasteiger partial charge is 0.114 e. The normalized spacial score (nSPS) is 8.83. The van der Waals surface area contributed by atoms with Gasteiger partial charge in [0.25, 0.3) is 0 Å². The molecule has 0 radical (unpaired) electrons. The van der Waals surface area contributed by atoms with Gasteiger partial charge in [-0.25, -0.2) is 4.98 Å². The molecule has 0 bridgehead atoms. The summed E-state index contributed by atoms with van der Waals surface area (Å²) in [6.07, 6.45) is 0.494. The molecule has 0 unspecified atom stereocenters. The van der Waals surface area contributed by atoms with Crippen LogP contribution in [0.4, 0.5) is 0 Å². The van der Waals surface area contributed by atoms with Crippen molar-refractivity contribution in [2.45, 2.75) is 6.42 Å². The van der Waals surface area contributed by atoms with Crippen LogP contribution in [0.5, 0.6) is 0 Å². The molecule has 12 heavy (non-hydrogen) atoms. The Morgan fingerprint density at radius 2 is 2.33 bits per heavy atom. The van der Waals surface area contributed by atoms with Gasteiger partial charge in [-0.05, 0) is 34.0 Å². The van der Waals surface area contributed by atoms with Crippen LogP contribution in [0.1, 0.15) is 12.1 Å². The molecule has 1 aromatic rings. The molecule has 0 aliphatic heterocycles. The van der Waals surface area contributed by atoms with Crippen LogP contribution in [0.25, 0.3) is 0 Å². The lowest BCUT2D eigenvalue weighted by atomic mass is 10.3. The van der Waals surface area contributed by atoms with Crippen molar-refractivity contribution in [1.29, 1.82) is 0 Å². The Balaban J connectivity index is 2.71. The van der Waals surface area contributed by atoms with E-state index in [-0.39, 0.29) is 6.61 Å². The van der Waals surface area contributed by atoms with Gasteiger partial charge in [0.1, 0.15) is 10.3 Å². The third-order valence-corrected chi connectivity index (χ3v) is 1.61. The highest BCUT2D eigenvalue weighted by Gasteiger charge is 1.88. The molecular weight excluding hydrogens is 218 g/mol. The molecule has 0 fully saturated rings. The molecule has 1 heterocycles. The Bertz CT molecular complexity index is 314. The van der Waals surface area contributed by atoms with Crippen LogP contribution < -0.4 is 0 Å². The molecule has 0 atom stereocenters. The molecule has 2 nitrogen and oxygen atoms in total. The molecule has 0 saturated heterocycles. The Hall–Kier alpha value is -0.850. The summed E-state index contributed by atoms with van der Waals surface area (Å²) in [4.78, 5) is 4.11. The first kappa shape index (κ1) is 9.24. The van der Waals surface area contributed by atoms with Crippen molar-refractivity contribution >= 4 is 15.9 Å². The highest BCUT2D eigenvalue weighted by Crippen LogP contribution is 2.04. The standard InChI is InChI=1S/C9H8BrNO/c10-9-6-3-5-8(11-9)4-1-2-7-12/h3,5-6,12H,2,7H2. The average molecular weight is 226 g/mol. The van der Waals surface area contributed by atoms with Gasteiger partial charge in [0.05, 0.1) is 6.61 Å². The van der Waals surface area contributed by atoms with E-state index in [1.54, 1.807) is 0 Å². The van der Waals surface area contributed by atoms with E-state index in [1.807, 2.05) is 18.2 Å². The number of nitrogens with zero attached hydrogens (tertiary/aromatic N) is 1. The molecule has 0 aliphatic rings. The fourth-order valence-electron chi connectivity index (χ4n) is 0.687. The Labute approximate surface area is 79.8 Å². The van der Waals surface area contributed by atoms with E-state index < -0.39 is 0 Å². The molecule has 1 N–H and O–H groups in total. The number of aromatic nitrogens is 1. The predicted molar refractivity (Wildman–Crippen MR) is 50.5 cm³/mol. The van der Waals surface area contributed by atoms with Gasteiger partial charge in [-0.1, -0.05) is 12.0 Å². The lowest BCUT2D eigenvalue weighted by Gasteiger charge is -1.89. The molecule has 0 saturated carbocycles. The second-order valence-electron chi connectivity index (χ2n) is 2.12. The summed E-state index contributed by atoms with van der Waals surface area (Å²) in [6.45, 7) is 0.0982. The first-order valence-electron chi connectivity index (χ1n) is 3.55. The summed E-state index contributed by atoms with van der Waals surface area (Å²) in [7, 11) is 0. The lowest BCUT2D eigenvalue weighted by Crippen LogP contribution is -1.82. The van der Waals surface area contributed by atoms with Crippen molar-refractivity contribution < 1.29 is 5.11 Å². The van der Waals surface area contributed by atoms with E-state index in [0.29, 0.717) is 6.42 Å². The highest BCUT2D eigenvalue weighted by atomic mass is 79.9. The van der Waals surface area contributed by atoms with Gasteiger partial charge in [0.15, 0.2) is 0 Å². The number of hydrogen-bond acceptors (Lipinski definition) is 2. The summed E-state index contributed by atoms with van der Waals surface area (Å²) in [5.74, 6) is 5.63. The van der Waals surface area contributed by atoms with Gasteiger partial charge >= 0.3 is 0 Å². The summed E-state index contributed by atoms with van der Waals surface area (Å²) < 4.78 is 0.776. The van der Waals surface area contributed by atoms with E-state index in [0.717, 1.165) is 10.3 Å². The monoisotopic (exact) mass is 225 g/mol. The van der Waals surface area contributed by atoms with Crippen LogP contribution in [0.2, 0.25) is 0 Å². The van der Waals surface area contributed by atoms with Crippen LogP contribution in [0.3, 0.4) is 0 Å². The van der Waals surface area contributed by atoms with E-state index in [1.165, 1.54) is 0 Å². The fraction of sp³-hybridized carbons (Fsp3) is 0.222. The number of hydrogen-bond donors (Lipinski definition) is 1. The van der Waals surface area contributed by atoms with Crippen LogP contribution in [-0.4, -0.2) is 16.7 Å². The van der Waals surface area contributed by atoms with Crippen LogP contribution >= 0.6 is 15.9 Å². The average Bonchev–Trinajstić information content (AvgIpc) is 2.05. The van der Waals surface area contributed by atoms with E-state index in [9.17, 15) is 0 Å². The SMILES string of the molecule is OCCC#Cc1cccc(Br)n1. The zero-order valence-corrected chi connectivity index (χ0v) is 8.00. The highest BCUT2D eigenvalue weighted by molar-refractivity contribution is 9.10. The van der Waals surface area contributed by atoms with Gasteiger partial charge in [0, 0.05) is 6.42 Å². The lowest BCUT2D eigenvalue weighted by molar-refractivity contribution is 0.305. The zero-order valence-electron chi connectivity index (χ0n) is 6.42. The van der Waals surface area contributed by atoms with Crippen molar-refractivity contribution in [2.75, 3.05) is 6.61 Å². The minimum Gasteiger partial charge on any atom is -0.395 e. The van der Waals surface area contributed by atoms with E-state index in [2.05, 4.69) is 32.8 Å². The molecule has 3 heteroatoms. The Morgan fingerprint density at radius 1 is 1.50 bits per heavy atom. The zero-order chi connectivity index (χ0) is 8.81. The Morgan fingerprint density at radius 3 is 3.00 bits per heavy atom. The first-order valence-corrected chi connectivity index (χ1v) is 4.34. The van der Waals surface area contributed by atoms with Gasteiger partial charge in [-0.3, -0.25) is 0 Å². The summed E-state index contributed by atoms with van der Waals surface area (Å²) in [6, 6.07) is 5.55. The van der Waals surface area contributed by atoms with Crippen molar-refractivity contribution in [3.8, 4) is 11.8 Å². The Kier molecular flexibility index (Phi) is 3.78. The fourth-order valence-corrected chi connectivity index (χ4v) is 1.03. The number of halogens is 1. The summed E-state index contributed by atoms with van der Waals surface area (Å²) in [5, 5.41) is 8.47. The van der Waals surface area contributed by atoms with E-state index in [4.69, 9.17) is 5.11 Å². The maximum absolute atomic E-state index is 8.47. The molecule has 0 aromatic carbocycles. The summed E-state index contributed by atoms with van der Waals surface area (Å²) >= 11 is 3.24. The van der Waals surface area contributed by atoms with Crippen molar-refractivity contribution in [3.05, 3.63) is 28.5 Å². The molecule has 0 amide bonds. The minimum atomic E-state index is 0.0982. The van der Waals surface area contributed by atoms with Crippen LogP contribution in [0.15, 0.2) is 22.8 Å². The number of rotatable bonds is 1. The third kappa shape index (κ3) is 3.04. The van der Waals surface area contributed by atoms with Crippen LogP contribution in [0, 0.1) is 11.8 Å². The third-order valence-electron chi connectivity index (χ3n) is 1.17. The minimum absolute atomic E-state index is 0.0982. The maximum Gasteiger partial charge on any atom is 0.114 e. The van der Waals surface area contributed by atoms with Crippen LogP contribution in [-0.2, 0) is 0 Å². The van der Waals surface area contributed by atoms with Gasteiger partial charge in [-0.15, -0.1) is 0 Å². The number of pyridine rings is 1. The summed E-state index contributed by atoms with van der Waals surface area (Å²) in [5.41, 5.74) is 0.720. The predicted octanol–water partition coefficient (Wildman–Crippen LogP) is 1.58. The van der Waals surface area contributed by atoms with Crippen molar-refractivity contribution in [1.82, 2.24) is 4.98 Å². The molecular formula is C9H8BrNO. The van der Waals surface area contributed by atoms with Crippen molar-refractivity contribution in [3.63, 3.8) is 0 Å². The number of aliphatic hydroxyl groups excluding tert-OH is 1. The molecule has 0 aliphatic carbocycles. The molecule has 62 valence electrons. The molecule has 1 rings (SSSR count). The van der Waals surface area contributed by atoms with Gasteiger partial charge < -0.3 is 5.11 Å². The molecule has 1 aromatic heterocycles. The maximum atomic E-state index is 8.47. The van der Waals surface area contributed by atoms with E-state index >= 15 is 0 Å². The van der Waals surface area contributed by atoms with Gasteiger partial charge in [0.2, 0.25) is 0 Å². The second kappa shape index (κ2) is 4.91. The topological polar surface area (TPSA) is 33.1 Å². The molecule has 0 spiro atoms. The van der Waals surface area contributed by atoms with Gasteiger partial charge in [-0.2, -0.15) is 0 Å². The second-order valence-corrected chi connectivity index (χ2v) is 2.93.